The summed E-state index contributed by atoms with van der Waals surface area (Å²) < 4.78 is 12.4. The maximum atomic E-state index is 7.88. The van der Waals surface area contributed by atoms with E-state index in [0.717, 1.165) is 0 Å². The van der Waals surface area contributed by atoms with Gasteiger partial charge in [-0.3, -0.25) is 0 Å². The van der Waals surface area contributed by atoms with E-state index in [0.29, 0.717) is 0 Å². The van der Waals surface area contributed by atoms with E-state index in [1.165, 1.54) is 18.8 Å². The number of nitrogens with zero attached hydrogens (tertiary/aromatic N) is 3. The summed E-state index contributed by atoms with van der Waals surface area (Å²) in [5.41, 5.74) is 0. The molecule has 0 aromatic heterocycles. The molecule has 7 heteroatoms. The predicted octanol–water partition coefficient (Wildman–Crippen LogP) is -0.536. The summed E-state index contributed by atoms with van der Waals surface area (Å²) in [5, 5.41) is 23.7. The van der Waals surface area contributed by atoms with Crippen LogP contribution in [0, 0.1) is 34.6 Å². The molecule has 0 atom stereocenters. The Kier molecular flexibility index (Phi) is 5.06. The van der Waals surface area contributed by atoms with Gasteiger partial charge < -0.3 is 0 Å². The van der Waals surface area contributed by atoms with Gasteiger partial charge in [0.05, 0.1) is 0 Å². The van der Waals surface area contributed by atoms with E-state index < -0.39 is 21.5 Å². The third-order valence-electron chi connectivity index (χ3n) is 0.346. The molecule has 0 aliphatic rings. The number of rotatable bonds is 3. The van der Waals surface area contributed by atoms with E-state index in [-0.39, 0.29) is 0 Å². The van der Waals surface area contributed by atoms with Crippen LogP contribution in [0.1, 0.15) is 0 Å². The van der Waals surface area contributed by atoms with E-state index in [1.54, 1.807) is 0 Å². The van der Waals surface area contributed by atoms with Gasteiger partial charge in [-0.25, -0.2) is 0 Å². The van der Waals surface area contributed by atoms with Gasteiger partial charge in [-0.2, -0.15) is 0 Å². The van der Waals surface area contributed by atoms with Crippen LogP contribution >= 0.6 is 0 Å². The van der Waals surface area contributed by atoms with Crippen molar-refractivity contribution in [3.05, 3.63) is 0 Å². The molecular formula is C3N3O3Sb. The Bertz CT molecular complexity index is 172. The molecule has 0 aliphatic carbocycles. The monoisotopic (exact) mass is 247 g/mol. The van der Waals surface area contributed by atoms with Crippen molar-refractivity contribution in [2.45, 2.75) is 0 Å². The van der Waals surface area contributed by atoms with Crippen molar-refractivity contribution in [3.8, 4) is 18.8 Å². The molecule has 0 aromatic carbocycles. The Morgan fingerprint density at radius 2 is 1.10 bits per heavy atom. The summed E-state index contributed by atoms with van der Waals surface area (Å²) in [4.78, 5) is 0. The Hall–Kier alpha value is -1.31. The van der Waals surface area contributed by atoms with E-state index in [9.17, 15) is 0 Å². The van der Waals surface area contributed by atoms with Crippen LogP contribution in [0.25, 0.3) is 0 Å². The second-order valence-electron chi connectivity index (χ2n) is 0.771. The fourth-order valence-corrected chi connectivity index (χ4v) is 1.05. The van der Waals surface area contributed by atoms with E-state index >= 15 is 0 Å². The van der Waals surface area contributed by atoms with Gasteiger partial charge >= 0.3 is 65.1 Å². The summed E-state index contributed by atoms with van der Waals surface area (Å²) >= 11 is -3.22. The molecule has 0 aliphatic heterocycles. The second-order valence-corrected chi connectivity index (χ2v) is 3.61. The van der Waals surface area contributed by atoms with Crippen LogP contribution in [0.3, 0.4) is 0 Å². The van der Waals surface area contributed by atoms with E-state index in [2.05, 4.69) is 9.05 Å². The average molecular weight is 248 g/mol. The van der Waals surface area contributed by atoms with Gasteiger partial charge in [0.25, 0.3) is 0 Å². The van der Waals surface area contributed by atoms with Gasteiger partial charge in [0.15, 0.2) is 0 Å². The van der Waals surface area contributed by atoms with Gasteiger partial charge in [0.2, 0.25) is 0 Å². The molecule has 0 unspecified atom stereocenters. The Morgan fingerprint density at radius 1 is 0.800 bits per heavy atom. The number of hydrogen-bond donors (Lipinski definition) is 0. The molecule has 6 nitrogen and oxygen atoms in total. The summed E-state index contributed by atoms with van der Waals surface area (Å²) in [6.07, 6.45) is 3.80. The quantitative estimate of drug-likeness (QED) is 0.491. The molecule has 0 aromatic rings. The fourth-order valence-electron chi connectivity index (χ4n) is 0.156. The van der Waals surface area contributed by atoms with Crippen molar-refractivity contribution in [1.29, 1.82) is 15.8 Å². The average Bonchev–Trinajstić information content (AvgIpc) is 1.90. The van der Waals surface area contributed by atoms with Crippen LogP contribution in [0.2, 0.25) is 0 Å². The molecule has 0 N–H and O–H groups in total. The Labute approximate surface area is 65.4 Å². The van der Waals surface area contributed by atoms with Crippen LogP contribution in [0.15, 0.2) is 0 Å². The Morgan fingerprint density at radius 3 is 1.30 bits per heavy atom. The van der Waals surface area contributed by atoms with Gasteiger partial charge in [-0.15, -0.1) is 0 Å². The molecule has 0 rings (SSSR count). The van der Waals surface area contributed by atoms with Gasteiger partial charge in [-0.1, -0.05) is 0 Å². The fraction of sp³-hybridized carbons (Fsp3) is 0. The molecule has 0 amide bonds. The second kappa shape index (κ2) is 5.82. The first-order valence-corrected chi connectivity index (χ1v) is 4.96. The van der Waals surface area contributed by atoms with Crippen molar-refractivity contribution < 1.29 is 9.05 Å². The zero-order valence-corrected chi connectivity index (χ0v) is 7.07. The summed E-state index contributed by atoms with van der Waals surface area (Å²) in [6.45, 7) is 0. The topological polar surface area (TPSA) is 99.1 Å². The molecule has 0 fully saturated rings. The molecule has 0 saturated heterocycles. The summed E-state index contributed by atoms with van der Waals surface area (Å²) in [6, 6.07) is 0. The third kappa shape index (κ3) is 3.66. The Balaban J connectivity index is 3.68. The van der Waals surface area contributed by atoms with Crippen LogP contribution in [-0.2, 0) is 9.05 Å². The van der Waals surface area contributed by atoms with Crippen LogP contribution < -0.4 is 0 Å². The van der Waals surface area contributed by atoms with Crippen LogP contribution in [0.5, 0.6) is 0 Å². The molecule has 50 valence electrons. The van der Waals surface area contributed by atoms with Crippen molar-refractivity contribution in [2.24, 2.45) is 0 Å². The third-order valence-corrected chi connectivity index (χ3v) is 2.32. The first kappa shape index (κ1) is 8.69. The minimum absolute atomic E-state index is 1.27. The standard InChI is InChI=1S/3CHNO.Sb/c3*2-1-3;/h3*3H;/q;;;+3/p-3. The molecule has 0 spiro atoms. The number of hydrogen-bond acceptors (Lipinski definition) is 6. The minimum atomic E-state index is -3.22. The van der Waals surface area contributed by atoms with Gasteiger partial charge in [0.1, 0.15) is 0 Å². The zero-order valence-electron chi connectivity index (χ0n) is 4.51. The molecular weight excluding hydrogens is 248 g/mol. The first-order chi connectivity index (χ1) is 4.85. The van der Waals surface area contributed by atoms with E-state index in [1.807, 2.05) is 0 Å². The van der Waals surface area contributed by atoms with E-state index in [4.69, 9.17) is 15.8 Å². The van der Waals surface area contributed by atoms with Gasteiger partial charge in [-0.05, 0) is 0 Å². The van der Waals surface area contributed by atoms with Gasteiger partial charge in [0, 0.05) is 0 Å². The van der Waals surface area contributed by atoms with Crippen LogP contribution in [-0.4, -0.2) is 21.5 Å². The molecule has 0 heterocycles. The van der Waals surface area contributed by atoms with Crippen molar-refractivity contribution in [1.82, 2.24) is 0 Å². The predicted molar refractivity (Wildman–Crippen MR) is 25.8 cm³/mol. The zero-order chi connectivity index (χ0) is 7.82. The summed E-state index contributed by atoms with van der Waals surface area (Å²) in [5.74, 6) is 0. The first-order valence-electron chi connectivity index (χ1n) is 1.83. The summed E-state index contributed by atoms with van der Waals surface area (Å²) in [7, 11) is 0. The maximum absolute atomic E-state index is 7.88. The number of nitriles is 3. The van der Waals surface area contributed by atoms with Crippen molar-refractivity contribution in [2.75, 3.05) is 0 Å². The molecule has 0 saturated carbocycles. The molecule has 10 heavy (non-hydrogen) atoms. The normalized spacial score (nSPS) is 6.60. The molecule has 0 radical (unpaired) electrons. The van der Waals surface area contributed by atoms with Crippen LogP contribution in [0.4, 0.5) is 0 Å². The van der Waals surface area contributed by atoms with Crippen molar-refractivity contribution >= 4 is 21.5 Å². The molecule has 0 bridgehead atoms. The van der Waals surface area contributed by atoms with Crippen molar-refractivity contribution in [3.63, 3.8) is 0 Å². The SMILES string of the molecule is N#C[O][Sb]([O]C#N)[O]C#N.